The van der Waals surface area contributed by atoms with E-state index in [1.165, 1.54) is 0 Å². The van der Waals surface area contributed by atoms with E-state index in [1.54, 1.807) is 0 Å². The average molecular weight is 268 g/mol. The van der Waals surface area contributed by atoms with Crippen LogP contribution in [0.2, 0.25) is 0 Å². The van der Waals surface area contributed by atoms with Crippen molar-refractivity contribution in [3.05, 3.63) is 33.9 Å². The minimum Gasteiger partial charge on any atom is -0.481 e. The van der Waals surface area contributed by atoms with Crippen LogP contribution in [0.15, 0.2) is 22.8 Å². The van der Waals surface area contributed by atoms with E-state index in [1.807, 2.05) is 25.1 Å². The van der Waals surface area contributed by atoms with Gasteiger partial charge < -0.3 is 10.1 Å². The van der Waals surface area contributed by atoms with Gasteiger partial charge in [-0.15, -0.1) is 0 Å². The number of hydrogen-bond donors (Lipinski definition) is 2. The first-order valence-corrected chi connectivity index (χ1v) is 5.36. The molecule has 0 radical (unpaired) electrons. The number of aromatic amines is 1. The molecule has 2 N–H and O–H groups in total. The first-order chi connectivity index (χ1) is 7.09. The van der Waals surface area contributed by atoms with Gasteiger partial charge in [0, 0.05) is 16.5 Å². The van der Waals surface area contributed by atoms with Gasteiger partial charge in [-0.1, -0.05) is 18.2 Å². The monoisotopic (exact) mass is 267 g/mol. The highest BCUT2D eigenvalue weighted by molar-refractivity contribution is 9.10. The second kappa shape index (κ2) is 3.70. The molecule has 1 heterocycles. The highest BCUT2D eigenvalue weighted by Crippen LogP contribution is 2.28. The highest BCUT2D eigenvalue weighted by Gasteiger charge is 2.13. The van der Waals surface area contributed by atoms with E-state index >= 15 is 0 Å². The van der Waals surface area contributed by atoms with Gasteiger partial charge in [0.1, 0.15) is 0 Å². The normalized spacial score (nSPS) is 10.8. The number of hydrogen-bond acceptors (Lipinski definition) is 1. The standard InChI is InChI=1S/C11H10BrNO2/c1-6-3-2-4-7-8(5-9(14)15)11(12)13-10(6)7/h2-4,13H,5H2,1H3,(H,14,15). The minimum atomic E-state index is -0.821. The summed E-state index contributed by atoms with van der Waals surface area (Å²) in [5.74, 6) is -0.821. The molecule has 0 saturated heterocycles. The van der Waals surface area contributed by atoms with E-state index in [0.29, 0.717) is 0 Å². The van der Waals surface area contributed by atoms with Crippen molar-refractivity contribution in [1.29, 1.82) is 0 Å². The van der Waals surface area contributed by atoms with Crippen molar-refractivity contribution in [2.24, 2.45) is 0 Å². The second-order valence-corrected chi connectivity index (χ2v) is 4.28. The van der Waals surface area contributed by atoms with Crippen molar-refractivity contribution < 1.29 is 9.90 Å². The number of carboxylic acid groups (broad SMARTS) is 1. The first-order valence-electron chi connectivity index (χ1n) is 4.57. The van der Waals surface area contributed by atoms with E-state index in [9.17, 15) is 4.79 Å². The Hall–Kier alpha value is -1.29. The van der Waals surface area contributed by atoms with Crippen molar-refractivity contribution in [2.75, 3.05) is 0 Å². The molecule has 0 aliphatic carbocycles. The molecular formula is C11H10BrNO2. The van der Waals surface area contributed by atoms with Crippen molar-refractivity contribution in [1.82, 2.24) is 4.98 Å². The summed E-state index contributed by atoms with van der Waals surface area (Å²) in [5, 5.41) is 9.78. The maximum absolute atomic E-state index is 10.7. The van der Waals surface area contributed by atoms with Crippen LogP contribution in [0.1, 0.15) is 11.1 Å². The largest absolute Gasteiger partial charge is 0.481 e. The van der Waals surface area contributed by atoms with Crippen LogP contribution >= 0.6 is 15.9 Å². The summed E-state index contributed by atoms with van der Waals surface area (Å²) in [4.78, 5) is 13.9. The summed E-state index contributed by atoms with van der Waals surface area (Å²) < 4.78 is 0.759. The molecule has 2 rings (SSSR count). The number of carbonyl (C=O) groups is 1. The molecule has 0 unspecified atom stereocenters. The van der Waals surface area contributed by atoms with Gasteiger partial charge in [-0.05, 0) is 28.4 Å². The first kappa shape index (κ1) is 10.2. The number of halogens is 1. The summed E-state index contributed by atoms with van der Waals surface area (Å²) in [6.07, 6.45) is 0.0318. The Kier molecular flexibility index (Phi) is 2.52. The smallest absolute Gasteiger partial charge is 0.307 e. The number of carboxylic acids is 1. The molecule has 0 aliphatic rings. The zero-order valence-corrected chi connectivity index (χ0v) is 9.76. The third-order valence-corrected chi connectivity index (χ3v) is 3.10. The van der Waals surface area contributed by atoms with Crippen LogP contribution in [-0.4, -0.2) is 16.1 Å². The Labute approximate surface area is 95.2 Å². The number of aromatic nitrogens is 1. The fourth-order valence-corrected chi connectivity index (χ4v) is 2.26. The van der Waals surface area contributed by atoms with E-state index < -0.39 is 5.97 Å². The molecule has 15 heavy (non-hydrogen) atoms. The number of fused-ring (bicyclic) bond motifs is 1. The number of para-hydroxylation sites is 1. The van der Waals surface area contributed by atoms with Crippen molar-refractivity contribution in [2.45, 2.75) is 13.3 Å². The van der Waals surface area contributed by atoms with Crippen molar-refractivity contribution in [3.8, 4) is 0 Å². The Morgan fingerprint density at radius 3 is 2.93 bits per heavy atom. The van der Waals surface area contributed by atoms with Gasteiger partial charge in [-0.25, -0.2) is 0 Å². The molecule has 3 nitrogen and oxygen atoms in total. The van der Waals surface area contributed by atoms with Gasteiger partial charge >= 0.3 is 5.97 Å². The molecule has 1 aromatic carbocycles. The van der Waals surface area contributed by atoms with Gasteiger partial charge in [-0.2, -0.15) is 0 Å². The third-order valence-electron chi connectivity index (χ3n) is 2.43. The number of H-pyrrole nitrogens is 1. The molecule has 0 saturated carbocycles. The summed E-state index contributed by atoms with van der Waals surface area (Å²) in [7, 11) is 0. The van der Waals surface area contributed by atoms with Gasteiger partial charge in [0.2, 0.25) is 0 Å². The quantitative estimate of drug-likeness (QED) is 0.879. The van der Waals surface area contributed by atoms with Crippen LogP contribution in [0, 0.1) is 6.92 Å². The topological polar surface area (TPSA) is 53.1 Å². The average Bonchev–Trinajstić information content (AvgIpc) is 2.45. The number of nitrogens with one attached hydrogen (secondary N) is 1. The van der Waals surface area contributed by atoms with Crippen LogP contribution in [0.5, 0.6) is 0 Å². The van der Waals surface area contributed by atoms with E-state index in [2.05, 4.69) is 20.9 Å². The van der Waals surface area contributed by atoms with Gasteiger partial charge in [0.05, 0.1) is 11.0 Å². The number of benzene rings is 1. The minimum absolute atomic E-state index is 0.0318. The SMILES string of the molecule is Cc1cccc2c(CC(=O)O)c(Br)[nH]c12. The lowest BCUT2D eigenvalue weighted by Gasteiger charge is -1.97. The lowest BCUT2D eigenvalue weighted by Crippen LogP contribution is -1.99. The molecule has 4 heteroatoms. The van der Waals surface area contributed by atoms with Crippen LogP contribution < -0.4 is 0 Å². The molecule has 1 aromatic heterocycles. The molecule has 78 valence electrons. The van der Waals surface area contributed by atoms with E-state index in [0.717, 1.165) is 26.6 Å². The Bertz CT molecular complexity index is 531. The maximum atomic E-state index is 10.7. The van der Waals surface area contributed by atoms with Gasteiger partial charge in [0.15, 0.2) is 0 Å². The van der Waals surface area contributed by atoms with Crippen LogP contribution in [0.3, 0.4) is 0 Å². The molecule has 0 bridgehead atoms. The molecule has 0 atom stereocenters. The van der Waals surface area contributed by atoms with Gasteiger partial charge in [-0.3, -0.25) is 4.79 Å². The second-order valence-electron chi connectivity index (χ2n) is 3.49. The lowest BCUT2D eigenvalue weighted by molar-refractivity contribution is -0.136. The van der Waals surface area contributed by atoms with Crippen molar-refractivity contribution >= 4 is 32.8 Å². The van der Waals surface area contributed by atoms with E-state index in [-0.39, 0.29) is 6.42 Å². The molecule has 0 fully saturated rings. The molecule has 2 aromatic rings. The summed E-state index contributed by atoms with van der Waals surface area (Å²) >= 11 is 3.35. The Morgan fingerprint density at radius 2 is 2.27 bits per heavy atom. The van der Waals surface area contributed by atoms with Gasteiger partial charge in [0.25, 0.3) is 0 Å². The van der Waals surface area contributed by atoms with Crippen LogP contribution in [0.25, 0.3) is 10.9 Å². The summed E-state index contributed by atoms with van der Waals surface area (Å²) in [6.45, 7) is 2.00. The highest BCUT2D eigenvalue weighted by atomic mass is 79.9. The lowest BCUT2D eigenvalue weighted by atomic mass is 10.1. The van der Waals surface area contributed by atoms with Crippen molar-refractivity contribution in [3.63, 3.8) is 0 Å². The zero-order chi connectivity index (χ0) is 11.0. The fourth-order valence-electron chi connectivity index (χ4n) is 1.71. The third kappa shape index (κ3) is 1.77. The fraction of sp³-hybridized carbons (Fsp3) is 0.182. The predicted octanol–water partition coefficient (Wildman–Crippen LogP) is 2.87. The summed E-state index contributed by atoms with van der Waals surface area (Å²) in [5.41, 5.74) is 2.92. The Balaban J connectivity index is 2.68. The maximum Gasteiger partial charge on any atom is 0.307 e. The van der Waals surface area contributed by atoms with E-state index in [4.69, 9.17) is 5.11 Å². The molecule has 0 spiro atoms. The molecule has 0 aliphatic heterocycles. The number of aliphatic carboxylic acids is 1. The molecule has 0 amide bonds. The number of rotatable bonds is 2. The van der Waals surface area contributed by atoms with Crippen LogP contribution in [0.4, 0.5) is 0 Å². The van der Waals surface area contributed by atoms with Crippen LogP contribution in [-0.2, 0) is 11.2 Å². The number of aryl methyl sites for hydroxylation is 1. The Morgan fingerprint density at radius 1 is 1.53 bits per heavy atom. The predicted molar refractivity (Wildman–Crippen MR) is 62.1 cm³/mol. The zero-order valence-electron chi connectivity index (χ0n) is 8.17. The molecular weight excluding hydrogens is 258 g/mol. The summed E-state index contributed by atoms with van der Waals surface area (Å²) in [6, 6.07) is 5.86.